The van der Waals surface area contributed by atoms with Gasteiger partial charge in [-0.2, -0.15) is 16.8 Å². The standard InChI is InChI=1S/C36H44N4O6S2.C34H42N6.2C3H7.2ClH.2Co.H3N.H2O/c1-9-25-21(3)29-17-30-23(5)27(13-11-15-45-47(7,41)42)35(39-30)20-36-28(14-12-16-46-48(8,43)44)24(6)32(40-36)19-34-26(10-2)22(4)31(38-34)18-33(25)37-29;1-7-23-19(3)27-15-28-21(5)25(11-9-13-35)33(39-28)18-34-26(12-10-14-36)22(6)30(40-34)17-32-24(8-2)20(4)29(38-32)16-31(23)37-27;2*1-3-2;;;;;;/h17-20H,9-16H2,1-8H3;15-18H,7-14,35-36H2,1-6H3;2*3H,1-2H3;2*1H;;;1H3;1H2/q2*-2;2*+1;;;2*+2;;/p-1. The van der Waals surface area contributed by atoms with Crippen LogP contribution in [0.2, 0.25) is 0 Å². The Morgan fingerprint density at radius 2 is 0.620 bits per heavy atom. The third-order valence-corrected chi connectivity index (χ3v) is 18.9. The van der Waals surface area contributed by atoms with Gasteiger partial charge >= 0.3 is 33.6 Å². The second kappa shape index (κ2) is 41.5. The average Bonchev–Trinajstić information content (AvgIpc) is 1.63. The van der Waals surface area contributed by atoms with Gasteiger partial charge in [0.1, 0.15) is 0 Å². The number of fused-ring (bicyclic) bond motifs is 16. The van der Waals surface area contributed by atoms with Gasteiger partial charge in [-0.25, -0.2) is 19.9 Å². The van der Waals surface area contributed by atoms with Crippen LogP contribution in [-0.2, 0) is 87.8 Å². The molecule has 0 saturated carbocycles. The molecular formula is C76H106Cl2Co2N11O7S2+. The molecule has 0 aliphatic carbocycles. The van der Waals surface area contributed by atoms with E-state index in [1.165, 1.54) is 50.1 Å². The maximum Gasteiger partial charge on any atom is 2.00 e. The second-order valence-electron chi connectivity index (χ2n) is 24.7. The molecule has 2 radical (unpaired) electrons. The molecule has 10 rings (SSSR count). The molecule has 10 heterocycles. The van der Waals surface area contributed by atoms with Crippen molar-refractivity contribution in [3.8, 4) is 0 Å². The van der Waals surface area contributed by atoms with Gasteiger partial charge in [0.15, 0.2) is 0 Å². The van der Waals surface area contributed by atoms with Crippen molar-refractivity contribution in [2.24, 2.45) is 11.5 Å². The Hall–Kier alpha value is -5.81. The van der Waals surface area contributed by atoms with Crippen LogP contribution in [0.15, 0.2) is 48.5 Å². The smallest absolute Gasteiger partial charge is 1.00 e. The van der Waals surface area contributed by atoms with Crippen LogP contribution in [0.4, 0.5) is 0 Å². The fourth-order valence-corrected chi connectivity index (χ4v) is 13.5. The summed E-state index contributed by atoms with van der Waals surface area (Å²) in [5, 5.41) is 0. The van der Waals surface area contributed by atoms with E-state index in [9.17, 15) is 16.8 Å². The summed E-state index contributed by atoms with van der Waals surface area (Å²) in [6, 6.07) is 16.8. The molecule has 18 nitrogen and oxygen atoms in total. The summed E-state index contributed by atoms with van der Waals surface area (Å²) in [6.45, 7) is 35.0. The summed E-state index contributed by atoms with van der Waals surface area (Å²) in [6.07, 6.45) is 15.2. The number of nitrogens with zero attached hydrogens (tertiary/aromatic N) is 8. The van der Waals surface area contributed by atoms with Crippen LogP contribution >= 0.6 is 12.4 Å². The number of aryl methyl sites for hydroxylation is 8. The van der Waals surface area contributed by atoms with Crippen LogP contribution in [0.3, 0.4) is 0 Å². The third kappa shape index (κ3) is 22.1. The SMILES string of the molecule is CCC1=C(C)c2cc3[n-]c(cc4nc(cc5[n-]c(cc1n2)c(C)c5CCCN)C(CCCN)=C4C)c(C)c3CC.CCC1=C(C)c2cc3[n-]c(cc4nc(cc5[n-]c(cc1n2)c(C)c5CCCOS(C)(=O)=O)C(CCCOS(C)(=O)=O)=C4C)c(C)c3CC.C[CH+]C.C[CH+]C.Cl.N.O.[Cl-].[Co+2].[Co+2]. The minimum Gasteiger partial charge on any atom is -1.00 e. The van der Waals surface area contributed by atoms with Crippen molar-refractivity contribution < 1.29 is 76.6 Å². The molecule has 9 N–H and O–H groups in total. The molecule has 0 amide bonds. The molecule has 6 aromatic heterocycles. The van der Waals surface area contributed by atoms with E-state index >= 15 is 0 Å². The monoisotopic (exact) mass is 1540 g/mol. The molecule has 6 aromatic rings. The molecule has 4 aliphatic heterocycles. The molecule has 100 heavy (non-hydrogen) atoms. The molecule has 550 valence electrons. The Balaban J connectivity index is 0.000000887. The van der Waals surface area contributed by atoms with Gasteiger partial charge in [0, 0.05) is 0 Å². The van der Waals surface area contributed by atoms with Crippen LogP contribution in [0.1, 0.15) is 225 Å². The summed E-state index contributed by atoms with van der Waals surface area (Å²) < 4.78 is 56.5. The zero-order valence-electron chi connectivity index (χ0n) is 61.7. The Kier molecular flexibility index (Phi) is 38.2. The first-order valence-electron chi connectivity index (χ1n) is 33.4. The molecule has 0 unspecified atom stereocenters. The van der Waals surface area contributed by atoms with Crippen molar-refractivity contribution >= 4 is 121 Å². The van der Waals surface area contributed by atoms with E-state index < -0.39 is 20.2 Å². The molecule has 16 bridgehead atoms. The van der Waals surface area contributed by atoms with Gasteiger partial charge in [-0.15, -0.1) is 56.5 Å². The van der Waals surface area contributed by atoms with Gasteiger partial charge < -0.3 is 55.4 Å². The molecule has 0 fully saturated rings. The number of allylic oxidation sites excluding steroid dienone is 8. The van der Waals surface area contributed by atoms with Crippen molar-refractivity contribution in [1.82, 2.24) is 46.0 Å². The molecular weight excluding hydrogens is 1430 g/mol. The fourth-order valence-electron chi connectivity index (χ4n) is 12.7. The maximum absolute atomic E-state index is 11.6. The van der Waals surface area contributed by atoms with Crippen LogP contribution < -0.4 is 50.0 Å². The quantitative estimate of drug-likeness (QED) is 0.0363. The molecule has 0 spiro atoms. The molecule has 0 saturated heterocycles. The van der Waals surface area contributed by atoms with Gasteiger partial charge in [0.25, 0.3) is 20.2 Å². The normalized spacial score (nSPS) is 12.4. The fraction of sp³-hybridized carbons (Fsp3) is 0.447. The number of hydrogen-bond acceptors (Lipinski definition) is 13. The van der Waals surface area contributed by atoms with Crippen molar-refractivity contribution in [3.05, 3.63) is 151 Å². The van der Waals surface area contributed by atoms with E-state index in [2.05, 4.69) is 99.6 Å². The number of aromatic nitrogens is 8. The first kappa shape index (κ1) is 92.2. The van der Waals surface area contributed by atoms with E-state index in [0.29, 0.717) is 38.8 Å². The minimum atomic E-state index is -3.55. The Labute approximate surface area is 629 Å². The molecule has 0 atom stereocenters. The minimum absolute atomic E-state index is 0. The van der Waals surface area contributed by atoms with Gasteiger partial charge in [-0.05, 0) is 190 Å². The van der Waals surface area contributed by atoms with Crippen molar-refractivity contribution in [2.75, 3.05) is 38.8 Å². The van der Waals surface area contributed by atoms with Gasteiger partial charge in [-0.3, -0.25) is 8.37 Å². The van der Waals surface area contributed by atoms with Crippen LogP contribution in [0.5, 0.6) is 0 Å². The van der Waals surface area contributed by atoms with E-state index in [1.54, 1.807) is 0 Å². The summed E-state index contributed by atoms with van der Waals surface area (Å²) in [5.41, 5.74) is 44.7. The van der Waals surface area contributed by atoms with Crippen LogP contribution in [-0.4, -0.2) is 81.1 Å². The summed E-state index contributed by atoms with van der Waals surface area (Å²) in [4.78, 5) is 41.0. The topological polar surface area (TPSA) is 313 Å². The Morgan fingerprint density at radius 3 is 0.920 bits per heavy atom. The van der Waals surface area contributed by atoms with Crippen LogP contribution in [0.25, 0.3) is 88.7 Å². The third-order valence-electron chi connectivity index (χ3n) is 17.7. The average molecular weight is 1540 g/mol. The molecule has 0 aromatic carbocycles. The zero-order valence-corrected chi connectivity index (χ0v) is 67.0. The number of halogens is 2. The summed E-state index contributed by atoms with van der Waals surface area (Å²) >= 11 is 0. The predicted molar refractivity (Wildman–Crippen MR) is 408 cm³/mol. The van der Waals surface area contributed by atoms with Crippen LogP contribution in [0, 0.1) is 40.5 Å². The first-order chi connectivity index (χ1) is 44.7. The van der Waals surface area contributed by atoms with E-state index in [-0.39, 0.29) is 83.2 Å². The van der Waals surface area contributed by atoms with Crippen molar-refractivity contribution in [1.29, 1.82) is 0 Å². The Bertz CT molecular complexity index is 4530. The second-order valence-corrected chi connectivity index (χ2v) is 27.9. The van der Waals surface area contributed by atoms with E-state index in [1.807, 2.05) is 72.6 Å². The van der Waals surface area contributed by atoms with Gasteiger partial charge in [0.05, 0.1) is 112 Å². The molecule has 4 aliphatic rings. The number of hydrogen-bond donors (Lipinski definition) is 3. The van der Waals surface area contributed by atoms with Gasteiger partial charge in [-0.1, -0.05) is 121 Å². The number of rotatable bonds is 20. The van der Waals surface area contributed by atoms with Gasteiger partial charge in [0.2, 0.25) is 0 Å². The first-order valence-corrected chi connectivity index (χ1v) is 37.0. The zero-order chi connectivity index (χ0) is 68.9. The number of nitrogens with two attached hydrogens (primary N) is 2. The molecule has 24 heteroatoms. The maximum atomic E-state index is 11.6. The predicted octanol–water partition coefficient (Wildman–Crippen LogP) is 12.6. The summed E-state index contributed by atoms with van der Waals surface area (Å²) in [5.74, 6) is 0. The van der Waals surface area contributed by atoms with Crippen molar-refractivity contribution in [3.63, 3.8) is 0 Å². The van der Waals surface area contributed by atoms with Crippen molar-refractivity contribution in [2.45, 2.75) is 188 Å². The van der Waals surface area contributed by atoms with E-state index in [4.69, 9.17) is 59.7 Å². The largest absolute Gasteiger partial charge is 2.00 e. The van der Waals surface area contributed by atoms with E-state index in [0.717, 1.165) is 193 Å². The summed E-state index contributed by atoms with van der Waals surface area (Å²) in [7, 11) is -7.11. The Morgan fingerprint density at radius 1 is 0.390 bits per heavy atom.